The predicted molar refractivity (Wildman–Crippen MR) is 240 cm³/mol. The highest BCUT2D eigenvalue weighted by atomic mass is 15.3. The van der Waals surface area contributed by atoms with Gasteiger partial charge >= 0.3 is 0 Å². The lowest BCUT2D eigenvalue weighted by atomic mass is 9.68. The maximum Gasteiger partial charge on any atom is 0.120 e. The van der Waals surface area contributed by atoms with E-state index in [2.05, 4.69) is 115 Å². The van der Waals surface area contributed by atoms with Crippen LogP contribution in [-0.2, 0) is 6.42 Å². The lowest BCUT2D eigenvalue weighted by molar-refractivity contribution is 0.399. The average Bonchev–Trinajstić information content (AvgIpc) is 3.31. The molecule has 1 saturated carbocycles. The lowest BCUT2D eigenvalue weighted by Crippen LogP contribution is -2.47. The molecule has 1 fully saturated rings. The van der Waals surface area contributed by atoms with Crippen LogP contribution in [-0.4, -0.2) is 24.7 Å². The molecule has 0 aromatic heterocycles. The van der Waals surface area contributed by atoms with E-state index in [9.17, 15) is 0 Å². The SMILES string of the molecule is C1=CC(C2[N-]C(C3C=C(C4C=c5ccccc5=C5CCCCC54)C=C(C4=Cc5ccc(C6=c7ccccc7=NCC6)cc5CC4)C3)N=C(C3=CCCCC3)N2)CCC1. The van der Waals surface area contributed by atoms with Crippen LogP contribution in [0, 0.1) is 23.7 Å². The van der Waals surface area contributed by atoms with Crippen molar-refractivity contribution in [2.45, 2.75) is 109 Å². The standard InChI is InChI=1S/C54H57N4/c1-3-13-35(14-4-1)52-56-53(36-15-5-2-6-16-36)58-54(57-52)44-32-42(31-43(33-44)50-34-40-17-7-8-18-45(40)47-19-9-10-20-48(47)50)39-24-23-38-30-41(26-25-37(38)29-39)46-27-28-55-51-22-12-11-21-49(46)51/h3,7-8,11-13,15,17-18,21-22,25-26,29-31,33-35,44,48,50,52,54H,1-2,4-6,9-10,14,16,19-20,23-24,27-28,32H2,(H,56,58)/q-1. The molecule has 4 nitrogen and oxygen atoms in total. The minimum Gasteiger partial charge on any atom is -0.620 e. The van der Waals surface area contributed by atoms with Gasteiger partial charge in [0.25, 0.3) is 0 Å². The van der Waals surface area contributed by atoms with Gasteiger partial charge in [-0.05, 0) is 175 Å². The number of allylic oxidation sites excluding steroid dienone is 6. The van der Waals surface area contributed by atoms with Gasteiger partial charge < -0.3 is 10.6 Å². The third-order valence-corrected chi connectivity index (χ3v) is 14.7. The van der Waals surface area contributed by atoms with E-state index in [-0.39, 0.29) is 18.2 Å². The summed E-state index contributed by atoms with van der Waals surface area (Å²) in [6.07, 6.45) is 35.4. The van der Waals surface area contributed by atoms with E-state index in [1.165, 1.54) is 118 Å². The second kappa shape index (κ2) is 15.8. The number of amidine groups is 1. The van der Waals surface area contributed by atoms with Crippen molar-refractivity contribution in [1.82, 2.24) is 5.32 Å². The van der Waals surface area contributed by atoms with E-state index in [4.69, 9.17) is 15.3 Å². The van der Waals surface area contributed by atoms with Crippen LogP contribution in [0.15, 0.2) is 129 Å². The number of hydrogen-bond donors (Lipinski definition) is 1. The van der Waals surface area contributed by atoms with Crippen molar-refractivity contribution in [2.24, 2.45) is 33.7 Å². The molecular weight excluding hydrogens is 705 g/mol. The summed E-state index contributed by atoms with van der Waals surface area (Å²) in [5.74, 6) is 2.73. The van der Waals surface area contributed by atoms with Crippen LogP contribution in [0.2, 0.25) is 0 Å². The van der Waals surface area contributed by atoms with Crippen molar-refractivity contribution in [3.8, 4) is 0 Å². The summed E-state index contributed by atoms with van der Waals surface area (Å²) in [4.78, 5) is 10.4. The van der Waals surface area contributed by atoms with E-state index in [0.29, 0.717) is 17.8 Å². The number of aryl methyl sites for hydroxylation is 1. The Morgan fingerprint density at radius 1 is 0.707 bits per heavy atom. The number of nitrogens with one attached hydrogen (secondary N) is 1. The summed E-state index contributed by atoms with van der Waals surface area (Å²) in [5, 5.41) is 14.9. The predicted octanol–water partition coefficient (Wildman–Crippen LogP) is 9.45. The minimum absolute atomic E-state index is 0.0760. The zero-order chi connectivity index (χ0) is 38.4. The highest BCUT2D eigenvalue weighted by molar-refractivity contribution is 5.99. The van der Waals surface area contributed by atoms with Gasteiger partial charge in [-0.1, -0.05) is 121 Å². The van der Waals surface area contributed by atoms with Gasteiger partial charge in [-0.25, -0.2) is 0 Å². The third kappa shape index (κ3) is 6.96. The fraction of sp³-hybridized carbons (Fsp3) is 0.407. The maximum atomic E-state index is 5.66. The molecule has 1 N–H and O–H groups in total. The number of nitrogens with zero attached hydrogens (tertiary/aromatic N) is 3. The van der Waals surface area contributed by atoms with Gasteiger partial charge in [0, 0.05) is 17.7 Å². The molecule has 0 saturated heterocycles. The van der Waals surface area contributed by atoms with Crippen LogP contribution in [0.4, 0.5) is 0 Å². The van der Waals surface area contributed by atoms with E-state index in [1.54, 1.807) is 5.57 Å². The largest absolute Gasteiger partial charge is 0.620 e. The van der Waals surface area contributed by atoms with Crippen molar-refractivity contribution in [2.75, 3.05) is 6.54 Å². The molecule has 0 radical (unpaired) electrons. The molecule has 8 aliphatic rings. The number of rotatable bonds is 6. The molecule has 2 heterocycles. The first-order valence-corrected chi connectivity index (χ1v) is 22.8. The van der Waals surface area contributed by atoms with Gasteiger partial charge in [0.15, 0.2) is 0 Å². The van der Waals surface area contributed by atoms with E-state index < -0.39 is 0 Å². The Kier molecular flexibility index (Phi) is 9.86. The normalized spacial score (nSPS) is 29.0. The summed E-state index contributed by atoms with van der Waals surface area (Å²) >= 11 is 0. The van der Waals surface area contributed by atoms with Crippen LogP contribution in [0.1, 0.15) is 107 Å². The van der Waals surface area contributed by atoms with Crippen molar-refractivity contribution >= 4 is 29.1 Å². The first-order valence-electron chi connectivity index (χ1n) is 22.8. The van der Waals surface area contributed by atoms with Crippen LogP contribution < -0.4 is 26.3 Å². The molecule has 6 atom stereocenters. The third-order valence-electron chi connectivity index (χ3n) is 14.7. The van der Waals surface area contributed by atoms with Crippen LogP contribution in [0.3, 0.4) is 0 Å². The molecule has 58 heavy (non-hydrogen) atoms. The van der Waals surface area contributed by atoms with Gasteiger partial charge in [-0.2, -0.15) is 0 Å². The Morgan fingerprint density at radius 3 is 2.53 bits per heavy atom. The molecule has 3 aromatic rings. The lowest BCUT2D eigenvalue weighted by Gasteiger charge is -2.50. The van der Waals surface area contributed by atoms with Crippen molar-refractivity contribution in [3.05, 3.63) is 162 Å². The summed E-state index contributed by atoms with van der Waals surface area (Å²) in [7, 11) is 0. The topological polar surface area (TPSA) is 50.9 Å². The van der Waals surface area contributed by atoms with Gasteiger partial charge in [-0.15, -0.1) is 0 Å². The summed E-state index contributed by atoms with van der Waals surface area (Å²) < 4.78 is 0. The van der Waals surface area contributed by atoms with Crippen LogP contribution in [0.5, 0.6) is 0 Å². The van der Waals surface area contributed by atoms with Gasteiger partial charge in [0.05, 0.1) is 5.36 Å². The molecule has 11 rings (SSSR count). The molecule has 294 valence electrons. The molecule has 2 aliphatic heterocycles. The number of hydrogen-bond acceptors (Lipinski definition) is 3. The summed E-state index contributed by atoms with van der Waals surface area (Å²) in [6, 6.07) is 25.2. The highest BCUT2D eigenvalue weighted by Gasteiger charge is 2.34. The molecular formula is C54H57N4-. The van der Waals surface area contributed by atoms with E-state index >= 15 is 0 Å². The Labute approximate surface area is 344 Å². The van der Waals surface area contributed by atoms with Crippen LogP contribution >= 0.6 is 0 Å². The average molecular weight is 762 g/mol. The van der Waals surface area contributed by atoms with Gasteiger partial charge in [0.2, 0.25) is 0 Å². The Hall–Kier alpha value is -4.80. The summed E-state index contributed by atoms with van der Waals surface area (Å²) in [6.45, 7) is 0.868. The molecule has 0 bridgehead atoms. The molecule has 0 spiro atoms. The van der Waals surface area contributed by atoms with Gasteiger partial charge in [-0.3, -0.25) is 9.98 Å². The molecule has 0 amide bonds. The minimum atomic E-state index is -0.0926. The van der Waals surface area contributed by atoms with Crippen LogP contribution in [0.25, 0.3) is 28.6 Å². The first kappa shape index (κ1) is 36.3. The smallest absolute Gasteiger partial charge is 0.120 e. The molecule has 6 unspecified atom stereocenters. The second-order valence-electron chi connectivity index (χ2n) is 18.2. The first-order chi connectivity index (χ1) is 28.7. The van der Waals surface area contributed by atoms with Crippen molar-refractivity contribution < 1.29 is 0 Å². The summed E-state index contributed by atoms with van der Waals surface area (Å²) in [5.41, 5.74) is 13.3. The van der Waals surface area contributed by atoms with Crippen molar-refractivity contribution in [3.63, 3.8) is 0 Å². The molecule has 6 aliphatic carbocycles. The van der Waals surface area contributed by atoms with Gasteiger partial charge in [0.1, 0.15) is 5.84 Å². The molecule has 3 aromatic carbocycles. The monoisotopic (exact) mass is 761 g/mol. The fourth-order valence-electron chi connectivity index (χ4n) is 11.7. The maximum absolute atomic E-state index is 5.66. The Bertz CT molecular complexity index is 2580. The zero-order valence-electron chi connectivity index (χ0n) is 34.0. The second-order valence-corrected chi connectivity index (χ2v) is 18.2. The Balaban J connectivity index is 0.990. The number of para-hydroxylation sites is 1. The fourth-order valence-corrected chi connectivity index (χ4v) is 11.7. The van der Waals surface area contributed by atoms with Crippen molar-refractivity contribution in [1.29, 1.82) is 0 Å². The zero-order valence-corrected chi connectivity index (χ0v) is 34.0. The quantitative estimate of drug-likeness (QED) is 0.250. The highest BCUT2D eigenvalue weighted by Crippen LogP contribution is 2.46. The van der Waals surface area contributed by atoms with E-state index in [1.807, 2.05) is 0 Å². The number of aliphatic imine (C=N–C) groups is 1. The van der Waals surface area contributed by atoms with E-state index in [0.717, 1.165) is 56.3 Å². The number of benzene rings is 3. The Morgan fingerprint density at radius 2 is 1.62 bits per heavy atom. The molecule has 4 heteroatoms. The number of fused-ring (bicyclic) bond motifs is 4.